The first-order valence-electron chi connectivity index (χ1n) is 54.0. The summed E-state index contributed by atoms with van der Waals surface area (Å²) >= 11 is 0. The number of esters is 7. The summed E-state index contributed by atoms with van der Waals surface area (Å²) in [4.78, 5) is 84.7. The zero-order valence-electron chi connectivity index (χ0n) is 93.5. The molecule has 0 aromatic heterocycles. The number of aryl methyl sites for hydroxylation is 3. The molecule has 0 bridgehead atoms. The molecule has 7 aromatic carbocycles. The first-order chi connectivity index (χ1) is 71.5. The second-order valence-electron chi connectivity index (χ2n) is 43.5. The maximum Gasteiger partial charge on any atom is 0.334 e. The number of nitrogens with one attached hydrogen (secondary N) is 7. The van der Waals surface area contributed by atoms with Gasteiger partial charge in [0, 0.05) is 94.6 Å². The fourth-order valence-electron chi connectivity index (χ4n) is 19.7. The molecule has 816 valence electrons. The minimum atomic E-state index is -0.440. The molecular weight excluding hydrogens is 1880 g/mol. The number of carbonyl (C=O) groups is 7. The Balaban J connectivity index is 0.000000213. The van der Waals surface area contributed by atoms with Gasteiger partial charge in [-0.25, -0.2) is 33.6 Å². The number of para-hydroxylation sites is 2. The molecule has 7 heterocycles. The molecule has 24 nitrogen and oxygen atoms in total. The van der Waals surface area contributed by atoms with Crippen LogP contribution in [-0.2, 0) is 66.7 Å². The molecular formula is C126H175N7O17. The van der Waals surface area contributed by atoms with Crippen molar-refractivity contribution in [1.82, 2.24) is 37.2 Å². The van der Waals surface area contributed by atoms with Crippen LogP contribution in [0.3, 0.4) is 0 Å². The maximum absolute atomic E-state index is 12.3. The van der Waals surface area contributed by atoms with Crippen molar-refractivity contribution in [1.29, 1.82) is 0 Å². The molecule has 24 heteroatoms. The predicted molar refractivity (Wildman–Crippen MR) is 607 cm³/mol. The van der Waals surface area contributed by atoms with Crippen LogP contribution >= 0.6 is 0 Å². The number of benzene rings is 7. The van der Waals surface area contributed by atoms with E-state index in [2.05, 4.69) is 37.2 Å². The number of ether oxygens (including phenoxy) is 10. The molecule has 0 amide bonds. The van der Waals surface area contributed by atoms with Gasteiger partial charge in [-0.2, -0.15) is 0 Å². The average Bonchev–Trinajstić information content (AvgIpc) is 0.872. The SMILES string of the molecule is C/C(=C\c1ccccc1)C(=O)OC(C)(C)C1CCNCC1.COc1ccc(/C=C/C(=O)OC(C)(C)C2CCNCC2)cc1.COc1ccccc1/C=C/C(=O)OC(C)(C)C1CCNCC1.COc1ccccc1/C=C\C(=O)OC(C)(C)C1CCNCC1.Cc1ccc(/C=C/C(=O)OC(C)(C)C2CCNCC2)cc1.Cc1cccc(/C=C/C(=O)OC(C)(C)C2CCNCC2)c1.Cc1ccccc1/C=C/C(=O)OC(C)(C)C1CCNCC1. The lowest BCUT2D eigenvalue weighted by Crippen LogP contribution is -2.42. The van der Waals surface area contributed by atoms with E-state index in [-0.39, 0.29) is 41.8 Å². The van der Waals surface area contributed by atoms with Gasteiger partial charge in [0.05, 0.1) is 21.3 Å². The molecule has 7 aromatic rings. The van der Waals surface area contributed by atoms with E-state index in [0.29, 0.717) is 47.0 Å². The summed E-state index contributed by atoms with van der Waals surface area (Å²) in [5.41, 5.74) is 8.01. The van der Waals surface area contributed by atoms with E-state index in [1.807, 2.05) is 319 Å². The quantitative estimate of drug-likeness (QED) is 0.0121. The minimum absolute atomic E-state index is 0.220. The first-order valence-corrected chi connectivity index (χ1v) is 54.0. The molecule has 7 aliphatic rings. The lowest BCUT2D eigenvalue weighted by molar-refractivity contribution is -0.158. The number of rotatable bonds is 31. The Bertz CT molecular complexity index is 5390. The summed E-state index contributed by atoms with van der Waals surface area (Å²) in [7, 11) is 4.86. The highest BCUT2D eigenvalue weighted by Crippen LogP contribution is 2.37. The van der Waals surface area contributed by atoms with Gasteiger partial charge in [-0.05, 0) is 406 Å². The number of methoxy groups -OCH3 is 3. The van der Waals surface area contributed by atoms with Crippen LogP contribution in [0.5, 0.6) is 17.2 Å². The van der Waals surface area contributed by atoms with E-state index < -0.39 is 39.2 Å². The molecule has 7 fully saturated rings. The second-order valence-corrected chi connectivity index (χ2v) is 43.5. The van der Waals surface area contributed by atoms with Crippen molar-refractivity contribution in [3.8, 4) is 17.2 Å². The summed E-state index contributed by atoms with van der Waals surface area (Å²) in [6.45, 7) is 50.0. The van der Waals surface area contributed by atoms with E-state index >= 15 is 0 Å². The number of hydrogen-bond donors (Lipinski definition) is 7. The second kappa shape index (κ2) is 62.8. The Labute approximate surface area is 896 Å². The van der Waals surface area contributed by atoms with Crippen molar-refractivity contribution < 1.29 is 80.9 Å². The third-order valence-corrected chi connectivity index (χ3v) is 29.4. The smallest absolute Gasteiger partial charge is 0.334 e. The standard InChI is InChI=1S/3C18H25NO3.4C18H25NO2/c1-18(2,15-10-12-19-13-11-15)22-17(20)9-6-14-4-7-16(21-3)8-5-14;2*1-18(2,15-10-12-19-13-11-15)22-17(20)9-8-14-6-4-5-7-16(14)21-3;1-14-4-6-15(7-5-14)8-9-17(20)21-18(2,3)16-10-12-19-13-11-16;1-14-5-4-6-15(13-14)7-8-17(20)21-18(2,3)16-9-11-19-12-10-16;1-14-6-4-5-7-15(14)8-9-17(20)21-18(2,3)16-10-12-19-13-11-16;1-14(13-15-7-5-4-6-8-15)17(20)21-18(2,3)16-9-11-19-12-10-16/h3*4-9,15,19H,10-13H2,1-3H3;4-9,16,19H,10-13H2,1-3H3;4-8,13,16,19H,9-12H2,1-3H3;4-9,16,19H,10-13H2,1-3H3;4-8,13,16,19H,9-12H2,1-3H3/b9-6+;9-8+;9-8-;9-8+;8-7+;9-8+;14-13+. The van der Waals surface area contributed by atoms with Crippen molar-refractivity contribution in [3.05, 3.63) is 274 Å². The summed E-state index contributed by atoms with van der Waals surface area (Å²) in [6, 6.07) is 56.6. The molecule has 0 spiro atoms. The Morgan fingerprint density at radius 1 is 0.253 bits per heavy atom. The topological polar surface area (TPSA) is 296 Å². The van der Waals surface area contributed by atoms with E-state index in [9.17, 15) is 33.6 Å². The molecule has 0 atom stereocenters. The van der Waals surface area contributed by atoms with Crippen LogP contribution in [0.1, 0.15) is 249 Å². The molecule has 0 unspecified atom stereocenters. The van der Waals surface area contributed by atoms with Crippen LogP contribution < -0.4 is 51.4 Å². The lowest BCUT2D eigenvalue weighted by atomic mass is 9.83. The number of piperidine rings is 7. The van der Waals surface area contributed by atoms with Crippen LogP contribution in [0, 0.1) is 62.2 Å². The van der Waals surface area contributed by atoms with Gasteiger partial charge in [-0.15, -0.1) is 0 Å². The highest BCUT2D eigenvalue weighted by Gasteiger charge is 2.41. The Morgan fingerprint density at radius 2 is 0.507 bits per heavy atom. The molecule has 7 N–H and O–H groups in total. The molecule has 0 aliphatic carbocycles. The van der Waals surface area contributed by atoms with Gasteiger partial charge in [-0.3, -0.25) is 0 Å². The zero-order valence-corrected chi connectivity index (χ0v) is 93.5. The summed E-state index contributed by atoms with van der Waals surface area (Å²) in [5.74, 6) is 3.26. The van der Waals surface area contributed by atoms with Gasteiger partial charge < -0.3 is 84.6 Å². The lowest BCUT2D eigenvalue weighted by Gasteiger charge is -2.36. The van der Waals surface area contributed by atoms with Gasteiger partial charge in [-0.1, -0.05) is 163 Å². The van der Waals surface area contributed by atoms with Crippen molar-refractivity contribution in [2.24, 2.45) is 41.4 Å². The van der Waals surface area contributed by atoms with Gasteiger partial charge in [0.2, 0.25) is 0 Å². The molecule has 0 radical (unpaired) electrons. The van der Waals surface area contributed by atoms with Crippen LogP contribution in [0.25, 0.3) is 42.5 Å². The third-order valence-electron chi connectivity index (χ3n) is 29.4. The first kappa shape index (κ1) is 123. The van der Waals surface area contributed by atoms with Crippen LogP contribution in [0.4, 0.5) is 0 Å². The van der Waals surface area contributed by atoms with Crippen molar-refractivity contribution in [2.45, 2.75) is 254 Å². The van der Waals surface area contributed by atoms with Crippen molar-refractivity contribution in [3.63, 3.8) is 0 Å². The fraction of sp³-hybridized carbons (Fsp3) is 0.500. The molecule has 7 aliphatic heterocycles. The van der Waals surface area contributed by atoms with Crippen LogP contribution in [0.2, 0.25) is 0 Å². The highest BCUT2D eigenvalue weighted by atomic mass is 16.6. The van der Waals surface area contributed by atoms with E-state index in [0.717, 1.165) is 243 Å². The zero-order chi connectivity index (χ0) is 109. The van der Waals surface area contributed by atoms with Gasteiger partial charge >= 0.3 is 41.8 Å². The van der Waals surface area contributed by atoms with Gasteiger partial charge in [0.25, 0.3) is 0 Å². The fourth-order valence-corrected chi connectivity index (χ4v) is 19.7. The average molecular weight is 2060 g/mol. The maximum atomic E-state index is 12.3. The Kier molecular flexibility index (Phi) is 51.6. The molecule has 0 saturated carbocycles. The normalized spacial score (nSPS) is 17.0. The molecule has 14 rings (SSSR count). The van der Waals surface area contributed by atoms with Crippen LogP contribution in [0.15, 0.2) is 218 Å². The van der Waals surface area contributed by atoms with Gasteiger partial charge in [0.1, 0.15) is 56.5 Å². The van der Waals surface area contributed by atoms with E-state index in [1.54, 1.807) is 45.6 Å². The van der Waals surface area contributed by atoms with E-state index in [4.69, 9.17) is 47.4 Å². The van der Waals surface area contributed by atoms with E-state index in [1.165, 1.54) is 47.6 Å². The van der Waals surface area contributed by atoms with Crippen molar-refractivity contribution >= 4 is 84.3 Å². The number of hydrogen-bond acceptors (Lipinski definition) is 24. The number of carbonyl (C=O) groups excluding carboxylic acids is 7. The summed E-state index contributed by atoms with van der Waals surface area (Å²) < 4.78 is 55.5. The molecule has 150 heavy (non-hydrogen) atoms. The predicted octanol–water partition coefficient (Wildman–Crippen LogP) is 22.5. The Hall–Kier alpha value is -11.9. The third kappa shape index (κ3) is 44.6. The highest BCUT2D eigenvalue weighted by molar-refractivity contribution is 5.94. The Morgan fingerprint density at radius 3 is 0.800 bits per heavy atom. The monoisotopic (exact) mass is 2060 g/mol. The van der Waals surface area contributed by atoms with Crippen LogP contribution in [-0.4, -0.2) is 194 Å². The van der Waals surface area contributed by atoms with Crippen molar-refractivity contribution in [2.75, 3.05) is 113 Å². The van der Waals surface area contributed by atoms with Gasteiger partial charge in [0.15, 0.2) is 0 Å². The minimum Gasteiger partial charge on any atom is -0.497 e. The summed E-state index contributed by atoms with van der Waals surface area (Å²) in [5, 5.41) is 23.4. The largest absolute Gasteiger partial charge is 0.497 e. The molecule has 7 saturated heterocycles. The summed E-state index contributed by atoms with van der Waals surface area (Å²) in [6.07, 6.45) is 36.3.